The number of aryl methyl sites for hydroxylation is 1. The molecule has 28 heavy (non-hydrogen) atoms. The molecule has 1 atom stereocenters. The quantitative estimate of drug-likeness (QED) is 0.675. The number of quaternary nitrogens is 1. The maximum Gasteiger partial charge on any atom is 0.291 e. The number of furan rings is 1. The van der Waals surface area contributed by atoms with E-state index >= 15 is 0 Å². The van der Waals surface area contributed by atoms with Crippen LogP contribution in [-0.4, -0.2) is 11.4 Å². The summed E-state index contributed by atoms with van der Waals surface area (Å²) in [5.41, 5.74) is 3.25. The number of carbonyl (C=O) groups excluding carboxylic acids is 1. The van der Waals surface area contributed by atoms with Crippen LogP contribution in [-0.2, 0) is 13.1 Å². The van der Waals surface area contributed by atoms with Gasteiger partial charge in [0.15, 0.2) is 11.5 Å². The van der Waals surface area contributed by atoms with Crippen LogP contribution in [0, 0.1) is 6.92 Å². The van der Waals surface area contributed by atoms with E-state index in [9.17, 15) is 4.79 Å². The summed E-state index contributed by atoms with van der Waals surface area (Å²) in [6.07, 6.45) is 0. The van der Waals surface area contributed by atoms with Crippen molar-refractivity contribution in [3.8, 4) is 0 Å². The van der Waals surface area contributed by atoms with Crippen LogP contribution < -0.4 is 10.2 Å². The summed E-state index contributed by atoms with van der Waals surface area (Å²) in [6, 6.07) is 21.8. The van der Waals surface area contributed by atoms with E-state index in [2.05, 4.69) is 50.4 Å². The first-order valence-electron chi connectivity index (χ1n) is 9.67. The first-order chi connectivity index (χ1) is 13.3. The Labute approximate surface area is 167 Å². The molecule has 0 saturated carbocycles. The maximum atomic E-state index is 12.5. The molecule has 3 aromatic rings. The zero-order chi connectivity index (χ0) is 20.1. The van der Waals surface area contributed by atoms with E-state index in [4.69, 9.17) is 4.42 Å². The Hall–Kier alpha value is -2.85. The zero-order valence-electron chi connectivity index (χ0n) is 17.1. The minimum atomic E-state index is -0.226. The van der Waals surface area contributed by atoms with E-state index in [1.165, 1.54) is 10.5 Å². The number of carbonyl (C=O) groups is 1. The predicted octanol–water partition coefficient (Wildman–Crippen LogP) is 4.22. The van der Waals surface area contributed by atoms with Gasteiger partial charge in [-0.2, -0.15) is 0 Å². The lowest BCUT2D eigenvalue weighted by molar-refractivity contribution is -0.973. The number of anilines is 1. The summed E-state index contributed by atoms with van der Waals surface area (Å²) in [7, 11) is 0. The number of rotatable bonds is 6. The monoisotopic (exact) mass is 377 g/mol. The van der Waals surface area contributed by atoms with Crippen LogP contribution in [0.1, 0.15) is 48.2 Å². The van der Waals surface area contributed by atoms with Crippen molar-refractivity contribution in [3.63, 3.8) is 0 Å². The molecule has 0 saturated heterocycles. The van der Waals surface area contributed by atoms with Crippen LogP contribution in [0.15, 0.2) is 71.1 Å². The van der Waals surface area contributed by atoms with Crippen molar-refractivity contribution in [3.05, 3.63) is 89.4 Å². The van der Waals surface area contributed by atoms with Gasteiger partial charge in [-0.25, -0.2) is 0 Å². The van der Waals surface area contributed by atoms with E-state index in [0.29, 0.717) is 5.76 Å². The molecule has 0 aliphatic heterocycles. The van der Waals surface area contributed by atoms with E-state index in [-0.39, 0.29) is 11.4 Å². The molecule has 1 unspecified atom stereocenters. The molecule has 0 fully saturated rings. The number of hydrogen-bond donors (Lipinski definition) is 2. The first-order valence-corrected chi connectivity index (χ1v) is 9.67. The van der Waals surface area contributed by atoms with Gasteiger partial charge in [0, 0.05) is 11.3 Å². The van der Waals surface area contributed by atoms with Gasteiger partial charge in [0.25, 0.3) is 5.91 Å². The average molecular weight is 378 g/mol. The maximum absolute atomic E-state index is 12.5. The fourth-order valence-corrected chi connectivity index (χ4v) is 3.07. The van der Waals surface area contributed by atoms with Crippen LogP contribution in [0.25, 0.3) is 0 Å². The number of amides is 1. The molecular weight excluding hydrogens is 348 g/mol. The van der Waals surface area contributed by atoms with Crippen LogP contribution >= 0.6 is 0 Å². The van der Waals surface area contributed by atoms with Gasteiger partial charge in [-0.05, 0) is 52.0 Å². The Balaban J connectivity index is 1.68. The SMILES string of the molecule is Cc1ccc(NC(=O)c2ccc(C[NH+](Cc3ccccc3)C(C)(C)C)o2)cc1. The van der Waals surface area contributed by atoms with Crippen molar-refractivity contribution in [1.82, 2.24) is 0 Å². The highest BCUT2D eigenvalue weighted by Crippen LogP contribution is 2.13. The van der Waals surface area contributed by atoms with Crippen molar-refractivity contribution < 1.29 is 14.1 Å². The topological polar surface area (TPSA) is 46.7 Å². The Bertz CT molecular complexity index is 906. The third-order valence-electron chi connectivity index (χ3n) is 4.90. The molecular formula is C24H29N2O2+. The second-order valence-corrected chi connectivity index (χ2v) is 8.28. The van der Waals surface area contributed by atoms with E-state index in [1.54, 1.807) is 6.07 Å². The van der Waals surface area contributed by atoms with Gasteiger partial charge in [0.05, 0.1) is 5.54 Å². The molecule has 0 aliphatic carbocycles. The number of nitrogens with one attached hydrogen (secondary N) is 2. The molecule has 1 amide bonds. The molecule has 1 heterocycles. The third kappa shape index (κ3) is 5.33. The Morgan fingerprint density at radius 3 is 2.25 bits per heavy atom. The molecule has 0 aliphatic rings. The smallest absolute Gasteiger partial charge is 0.291 e. The highest BCUT2D eigenvalue weighted by Gasteiger charge is 2.27. The second kappa shape index (κ2) is 8.44. The van der Waals surface area contributed by atoms with Gasteiger partial charge in [0.1, 0.15) is 13.1 Å². The van der Waals surface area contributed by atoms with Crippen LogP contribution in [0.2, 0.25) is 0 Å². The molecule has 3 rings (SSSR count). The molecule has 146 valence electrons. The van der Waals surface area contributed by atoms with Gasteiger partial charge >= 0.3 is 0 Å². The highest BCUT2D eigenvalue weighted by molar-refractivity contribution is 6.02. The lowest BCUT2D eigenvalue weighted by Crippen LogP contribution is -3.16. The molecule has 4 heteroatoms. The molecule has 0 bridgehead atoms. The minimum absolute atomic E-state index is 0.0486. The standard InChI is InChI=1S/C24H28N2O2/c1-18-10-12-20(13-11-18)25-23(27)22-15-14-21(28-22)17-26(24(2,3)4)16-19-8-6-5-7-9-19/h5-15H,16-17H2,1-4H3,(H,25,27)/p+1. The van der Waals surface area contributed by atoms with Gasteiger partial charge < -0.3 is 14.6 Å². The Kier molecular flexibility index (Phi) is 6.00. The van der Waals surface area contributed by atoms with Gasteiger partial charge in [0.2, 0.25) is 0 Å². The first kappa shape index (κ1) is 19.9. The molecule has 2 aromatic carbocycles. The Morgan fingerprint density at radius 2 is 1.61 bits per heavy atom. The fraction of sp³-hybridized carbons (Fsp3) is 0.292. The van der Waals surface area contributed by atoms with Gasteiger partial charge in [-0.3, -0.25) is 4.79 Å². The van der Waals surface area contributed by atoms with Crippen molar-refractivity contribution in [2.75, 3.05) is 5.32 Å². The van der Waals surface area contributed by atoms with E-state index in [1.807, 2.05) is 43.3 Å². The molecule has 1 aromatic heterocycles. The van der Waals surface area contributed by atoms with Gasteiger partial charge in [-0.15, -0.1) is 0 Å². The summed E-state index contributed by atoms with van der Waals surface area (Å²) >= 11 is 0. The van der Waals surface area contributed by atoms with Crippen LogP contribution in [0.5, 0.6) is 0 Å². The van der Waals surface area contributed by atoms with Crippen molar-refractivity contribution in [2.45, 2.75) is 46.3 Å². The third-order valence-corrected chi connectivity index (χ3v) is 4.90. The second-order valence-electron chi connectivity index (χ2n) is 8.28. The number of benzene rings is 2. The predicted molar refractivity (Wildman–Crippen MR) is 112 cm³/mol. The summed E-state index contributed by atoms with van der Waals surface area (Å²) in [4.78, 5) is 13.8. The van der Waals surface area contributed by atoms with Crippen LogP contribution in [0.4, 0.5) is 5.69 Å². The normalized spacial score (nSPS) is 12.6. The largest absolute Gasteiger partial charge is 0.450 e. The van der Waals surface area contributed by atoms with E-state index in [0.717, 1.165) is 30.1 Å². The van der Waals surface area contributed by atoms with Crippen molar-refractivity contribution in [1.29, 1.82) is 0 Å². The van der Waals surface area contributed by atoms with Gasteiger partial charge in [-0.1, -0.05) is 48.0 Å². The molecule has 4 nitrogen and oxygen atoms in total. The highest BCUT2D eigenvalue weighted by atomic mass is 16.4. The molecule has 2 N–H and O–H groups in total. The summed E-state index contributed by atoms with van der Waals surface area (Å²) in [5, 5.41) is 2.88. The summed E-state index contributed by atoms with van der Waals surface area (Å²) in [6.45, 7) is 10.3. The fourth-order valence-electron chi connectivity index (χ4n) is 3.07. The van der Waals surface area contributed by atoms with Crippen LogP contribution in [0.3, 0.4) is 0 Å². The minimum Gasteiger partial charge on any atom is -0.450 e. The molecule has 0 spiro atoms. The van der Waals surface area contributed by atoms with Crippen molar-refractivity contribution in [2.24, 2.45) is 0 Å². The average Bonchev–Trinajstić information content (AvgIpc) is 3.12. The Morgan fingerprint density at radius 1 is 0.929 bits per heavy atom. The molecule has 0 radical (unpaired) electrons. The number of hydrogen-bond acceptors (Lipinski definition) is 2. The van der Waals surface area contributed by atoms with E-state index < -0.39 is 0 Å². The van der Waals surface area contributed by atoms with Crippen molar-refractivity contribution >= 4 is 11.6 Å². The summed E-state index contributed by atoms with van der Waals surface area (Å²) in [5.74, 6) is 0.925. The summed E-state index contributed by atoms with van der Waals surface area (Å²) < 4.78 is 5.87. The lowest BCUT2D eigenvalue weighted by atomic mass is 10.0. The zero-order valence-corrected chi connectivity index (χ0v) is 17.1. The lowest BCUT2D eigenvalue weighted by Gasteiger charge is -2.31.